The number of rotatable bonds is 12. The molecule has 3 fully saturated rings. The van der Waals surface area contributed by atoms with Gasteiger partial charge in [-0.15, -0.1) is 0 Å². The van der Waals surface area contributed by atoms with Gasteiger partial charge in [-0.05, 0) is 42.1 Å². The second-order valence-electron chi connectivity index (χ2n) is 12.2. The first-order valence-corrected chi connectivity index (χ1v) is 17.2. The molecule has 5 unspecified atom stereocenters. The number of benzene rings is 2. The van der Waals surface area contributed by atoms with E-state index in [9.17, 15) is 15.1 Å². The Labute approximate surface area is 284 Å². The Kier molecular flexibility index (Phi) is 12.6. The molecule has 48 heavy (non-hydrogen) atoms. The van der Waals surface area contributed by atoms with Crippen molar-refractivity contribution in [2.45, 2.75) is 99.9 Å². The zero-order valence-electron chi connectivity index (χ0n) is 27.8. The summed E-state index contributed by atoms with van der Waals surface area (Å²) < 4.78 is 42.8. The number of hydrogen-bond acceptors (Lipinski definition) is 11. The summed E-state index contributed by atoms with van der Waals surface area (Å²) >= 11 is 1.45. The van der Waals surface area contributed by atoms with E-state index in [-0.39, 0.29) is 12.5 Å². The van der Waals surface area contributed by atoms with Crippen LogP contribution in [0.3, 0.4) is 0 Å². The van der Waals surface area contributed by atoms with Crippen LogP contribution in [-0.4, -0.2) is 80.4 Å². The molecule has 260 valence electrons. The number of fused-ring (bicyclic) bond motifs is 1. The number of unbranched alkanes of at least 4 members (excludes halogenated alkanes) is 1. The van der Waals surface area contributed by atoms with E-state index >= 15 is 0 Å². The molecule has 0 radical (unpaired) electrons. The van der Waals surface area contributed by atoms with Crippen LogP contribution < -0.4 is 10.1 Å². The average Bonchev–Trinajstić information content (AvgIpc) is 3.09. The van der Waals surface area contributed by atoms with Crippen molar-refractivity contribution in [2.24, 2.45) is 17.0 Å². The number of azide groups is 1. The normalized spacial score (nSPS) is 33.1. The van der Waals surface area contributed by atoms with Crippen LogP contribution in [-0.2, 0) is 38.0 Å². The van der Waals surface area contributed by atoms with Gasteiger partial charge in [0.2, 0.25) is 5.91 Å². The maximum Gasteiger partial charge on any atom is 0.303 e. The molecule has 3 aliphatic heterocycles. The molecule has 2 aromatic carbocycles. The van der Waals surface area contributed by atoms with Gasteiger partial charge < -0.3 is 38.5 Å². The topological polar surface area (TPSA) is 160 Å². The summed E-state index contributed by atoms with van der Waals surface area (Å²) in [5.41, 5.74) is 9.50. The third-order valence-corrected chi connectivity index (χ3v) is 10.1. The minimum absolute atomic E-state index is 0.268. The highest BCUT2D eigenvalue weighted by Gasteiger charge is 2.53. The highest BCUT2D eigenvalue weighted by molar-refractivity contribution is 7.99. The molecule has 0 aliphatic carbocycles. The van der Waals surface area contributed by atoms with Gasteiger partial charge in [0.25, 0.3) is 0 Å². The third kappa shape index (κ3) is 8.43. The summed E-state index contributed by atoms with van der Waals surface area (Å²) in [6.07, 6.45) is -3.58. The van der Waals surface area contributed by atoms with E-state index in [0.29, 0.717) is 6.61 Å². The summed E-state index contributed by atoms with van der Waals surface area (Å²) in [4.78, 5) is 29.8. The molecule has 3 heterocycles. The Balaban J connectivity index is 1.45. The molecule has 5 rings (SSSR count). The lowest BCUT2D eigenvalue weighted by molar-refractivity contribution is -0.311. The first-order chi connectivity index (χ1) is 23.2. The van der Waals surface area contributed by atoms with Crippen molar-refractivity contribution >= 4 is 23.6 Å². The number of amides is 1. The lowest BCUT2D eigenvalue weighted by Gasteiger charge is -2.50. The molecule has 3 saturated heterocycles. The fraction of sp³-hybridized carbons (Fsp3) is 0.588. The van der Waals surface area contributed by atoms with Gasteiger partial charge in [-0.2, -0.15) is 0 Å². The third-order valence-electron chi connectivity index (χ3n) is 8.96. The minimum atomic E-state index is -1.18. The zero-order valence-corrected chi connectivity index (χ0v) is 28.6. The van der Waals surface area contributed by atoms with Crippen LogP contribution in [0.25, 0.3) is 10.4 Å². The fourth-order valence-electron chi connectivity index (χ4n) is 6.19. The Morgan fingerprint density at radius 2 is 1.79 bits per heavy atom. The Morgan fingerprint density at radius 1 is 1.04 bits per heavy atom. The van der Waals surface area contributed by atoms with E-state index in [1.54, 1.807) is 7.11 Å². The Hall–Kier alpha value is -3.36. The number of ether oxygens (including phenoxy) is 7. The molecule has 2 aromatic rings. The predicted molar refractivity (Wildman–Crippen MR) is 176 cm³/mol. The van der Waals surface area contributed by atoms with E-state index in [1.165, 1.54) is 18.7 Å². The number of methoxy groups -OCH3 is 1. The lowest BCUT2D eigenvalue weighted by Crippen LogP contribution is -2.67. The summed E-state index contributed by atoms with van der Waals surface area (Å²) in [6, 6.07) is 16.6. The summed E-state index contributed by atoms with van der Waals surface area (Å²) in [6.45, 7) is 7.76. The van der Waals surface area contributed by atoms with Crippen molar-refractivity contribution < 1.29 is 42.7 Å². The number of carbonyl (C=O) groups excluding carboxylic acids is 2. The standard InChI is InChI=1S/C34H44N4O9S/c1-6-7-17-42-30-26(36-31(40)27-19(2)20(3)28(44-21(4)39)32(46-27)37-38-35)34(48-24-15-13-23(41-5)14-16-24)45-25-18-43-33(47-29(25)30)22-11-9-8-10-12-22/h8-16,19-20,25-30,32-34H,6-7,17-18H2,1-5H3,(H,36,40)/t19-,20-,25?,26?,27?,28?,29-,30+,32+,33?,34-/m0/s1. The van der Waals surface area contributed by atoms with E-state index in [0.717, 1.165) is 29.1 Å². The molecule has 0 aromatic heterocycles. The van der Waals surface area contributed by atoms with Gasteiger partial charge >= 0.3 is 5.97 Å². The number of nitrogens with zero attached hydrogens (tertiary/aromatic N) is 3. The smallest absolute Gasteiger partial charge is 0.303 e. The van der Waals surface area contributed by atoms with Gasteiger partial charge in [0.05, 0.1) is 19.8 Å². The SMILES string of the molecule is CCCCO[C@@H]1C(NC(=O)C2O[C@@H](N=[N+]=[N-])C(OC(C)=O)[C@@H](C)[C@@H]2C)[C@H](Sc2ccc(OC)cc2)OC2COC(c3ccccc3)O[C@@H]21. The van der Waals surface area contributed by atoms with Crippen molar-refractivity contribution in [3.63, 3.8) is 0 Å². The van der Waals surface area contributed by atoms with Gasteiger partial charge in [0.15, 0.2) is 12.5 Å². The van der Waals surface area contributed by atoms with Gasteiger partial charge in [-0.1, -0.05) is 74.4 Å². The van der Waals surface area contributed by atoms with Crippen LogP contribution >= 0.6 is 11.8 Å². The molecule has 0 spiro atoms. The highest BCUT2D eigenvalue weighted by atomic mass is 32.2. The van der Waals surface area contributed by atoms with Crippen LogP contribution in [0, 0.1) is 11.8 Å². The van der Waals surface area contributed by atoms with Crippen LogP contribution in [0.15, 0.2) is 64.6 Å². The van der Waals surface area contributed by atoms with Gasteiger partial charge in [-0.3, -0.25) is 9.59 Å². The number of nitrogens with one attached hydrogen (secondary N) is 1. The summed E-state index contributed by atoms with van der Waals surface area (Å²) in [7, 11) is 1.61. The highest BCUT2D eigenvalue weighted by Crippen LogP contribution is 2.41. The molecular weight excluding hydrogens is 640 g/mol. The first-order valence-electron chi connectivity index (χ1n) is 16.3. The molecule has 13 nitrogen and oxygen atoms in total. The van der Waals surface area contributed by atoms with Crippen LogP contribution in [0.1, 0.15) is 52.4 Å². The zero-order chi connectivity index (χ0) is 34.2. The fourth-order valence-corrected chi connectivity index (χ4v) is 7.32. The number of thioether (sulfide) groups is 1. The van der Waals surface area contributed by atoms with Crippen molar-refractivity contribution in [3.8, 4) is 5.75 Å². The van der Waals surface area contributed by atoms with E-state index in [1.807, 2.05) is 68.4 Å². The number of esters is 1. The lowest BCUT2D eigenvalue weighted by atomic mass is 9.82. The summed E-state index contributed by atoms with van der Waals surface area (Å²) in [5, 5.41) is 6.92. The maximum absolute atomic E-state index is 14.2. The average molecular weight is 685 g/mol. The van der Waals surface area contributed by atoms with E-state index in [4.69, 9.17) is 33.2 Å². The van der Waals surface area contributed by atoms with Crippen LogP contribution in [0.5, 0.6) is 5.75 Å². The second kappa shape index (κ2) is 16.8. The summed E-state index contributed by atoms with van der Waals surface area (Å²) in [5.74, 6) is -1.00. The van der Waals surface area contributed by atoms with Crippen molar-refractivity contribution in [2.75, 3.05) is 20.3 Å². The molecule has 0 saturated carbocycles. The van der Waals surface area contributed by atoms with Gasteiger partial charge in [0, 0.05) is 34.8 Å². The predicted octanol–water partition coefficient (Wildman–Crippen LogP) is 5.54. The molecule has 1 N–H and O–H groups in total. The second-order valence-corrected chi connectivity index (χ2v) is 13.4. The van der Waals surface area contributed by atoms with Gasteiger partial charge in [0.1, 0.15) is 41.7 Å². The molecule has 3 aliphatic rings. The molecular formula is C34H44N4O9S. The molecule has 14 heteroatoms. The largest absolute Gasteiger partial charge is 0.497 e. The molecule has 0 bridgehead atoms. The molecule has 1 amide bonds. The molecule has 11 atom stereocenters. The monoisotopic (exact) mass is 684 g/mol. The van der Waals surface area contributed by atoms with Crippen molar-refractivity contribution in [3.05, 3.63) is 70.6 Å². The van der Waals surface area contributed by atoms with Gasteiger partial charge in [-0.25, -0.2) is 0 Å². The number of carbonyl (C=O) groups is 2. The maximum atomic E-state index is 14.2. The van der Waals surface area contributed by atoms with E-state index < -0.39 is 72.3 Å². The minimum Gasteiger partial charge on any atom is -0.497 e. The first kappa shape index (κ1) is 35.9. The Bertz CT molecular complexity index is 1410. The van der Waals surface area contributed by atoms with Crippen LogP contribution in [0.4, 0.5) is 0 Å². The van der Waals surface area contributed by atoms with Crippen molar-refractivity contribution in [1.82, 2.24) is 5.32 Å². The van der Waals surface area contributed by atoms with E-state index in [2.05, 4.69) is 22.3 Å². The number of hydrogen-bond donors (Lipinski definition) is 1. The quantitative estimate of drug-likeness (QED) is 0.0990. The Morgan fingerprint density at radius 3 is 2.46 bits per heavy atom. The van der Waals surface area contributed by atoms with Crippen LogP contribution in [0.2, 0.25) is 0 Å². The van der Waals surface area contributed by atoms with Crippen molar-refractivity contribution in [1.29, 1.82) is 0 Å².